The number of hydrogen-bond donors (Lipinski definition) is 0. The molecule has 19 heavy (non-hydrogen) atoms. The van der Waals surface area contributed by atoms with Crippen LogP contribution >= 0.6 is 11.6 Å². The van der Waals surface area contributed by atoms with Gasteiger partial charge in [0.1, 0.15) is 5.75 Å². The maximum absolute atomic E-state index is 12.3. The first-order chi connectivity index (χ1) is 8.36. The molecule has 0 aromatic heterocycles. The van der Waals surface area contributed by atoms with Crippen molar-refractivity contribution < 1.29 is 25.8 Å². The molecule has 0 amide bonds. The Morgan fingerprint density at radius 3 is 2.16 bits per heavy atom. The minimum Gasteiger partial charge on any atom is -0.376 e. The van der Waals surface area contributed by atoms with Crippen LogP contribution in [0.25, 0.3) is 0 Å². The van der Waals surface area contributed by atoms with Crippen molar-refractivity contribution in [3.8, 4) is 5.75 Å². The van der Waals surface area contributed by atoms with Gasteiger partial charge in [0.15, 0.2) is 0 Å². The molecule has 9 heteroatoms. The van der Waals surface area contributed by atoms with Crippen LogP contribution in [0.5, 0.6) is 5.75 Å². The van der Waals surface area contributed by atoms with Crippen LogP contribution in [0.3, 0.4) is 0 Å². The van der Waals surface area contributed by atoms with E-state index in [1.807, 2.05) is 19.6 Å². The average molecular weight is 333 g/mol. The van der Waals surface area contributed by atoms with Crippen molar-refractivity contribution in [3.63, 3.8) is 0 Å². The summed E-state index contributed by atoms with van der Waals surface area (Å²) in [5, 5.41) is 0.540. The molecule has 0 unspecified atom stereocenters. The topological polar surface area (TPSA) is 43.4 Å². The molecular formula is C10H12ClF3O3SSi. The zero-order valence-corrected chi connectivity index (χ0v) is 12.9. The average Bonchev–Trinajstić information content (AvgIpc) is 2.12. The molecule has 108 valence electrons. The zero-order valence-electron chi connectivity index (χ0n) is 10.4. The smallest absolute Gasteiger partial charge is 0.376 e. The first kappa shape index (κ1) is 16.3. The van der Waals surface area contributed by atoms with Gasteiger partial charge in [0, 0.05) is 10.2 Å². The summed E-state index contributed by atoms with van der Waals surface area (Å²) in [6.07, 6.45) is 0. The maximum Gasteiger partial charge on any atom is 0.534 e. The van der Waals surface area contributed by atoms with Gasteiger partial charge >= 0.3 is 15.6 Å². The Labute approximate surface area is 115 Å². The summed E-state index contributed by atoms with van der Waals surface area (Å²) in [5.74, 6) is -0.357. The fourth-order valence-electron chi connectivity index (χ4n) is 1.47. The van der Waals surface area contributed by atoms with Crippen LogP contribution < -0.4 is 9.37 Å². The molecule has 0 fully saturated rings. The molecule has 1 rings (SSSR count). The minimum atomic E-state index is -5.69. The Bertz CT molecular complexity index is 579. The number of benzene rings is 1. The van der Waals surface area contributed by atoms with Crippen molar-refractivity contribution >= 4 is 35.0 Å². The van der Waals surface area contributed by atoms with Gasteiger partial charge in [-0.2, -0.15) is 21.6 Å². The molecule has 0 heterocycles. The molecule has 0 bridgehead atoms. The van der Waals surface area contributed by atoms with Crippen molar-refractivity contribution in [2.75, 3.05) is 0 Å². The quantitative estimate of drug-likeness (QED) is 0.485. The van der Waals surface area contributed by atoms with Gasteiger partial charge in [-0.05, 0) is 12.1 Å². The van der Waals surface area contributed by atoms with E-state index in [-0.39, 0.29) is 10.8 Å². The zero-order chi connectivity index (χ0) is 15.1. The lowest BCUT2D eigenvalue weighted by Gasteiger charge is -2.22. The Balaban J connectivity index is 3.36. The van der Waals surface area contributed by atoms with Crippen molar-refractivity contribution in [1.29, 1.82) is 0 Å². The van der Waals surface area contributed by atoms with Gasteiger partial charge in [0.05, 0.1) is 8.07 Å². The van der Waals surface area contributed by atoms with Gasteiger partial charge in [-0.25, -0.2) is 0 Å². The summed E-state index contributed by atoms with van der Waals surface area (Å²) in [7, 11) is -7.86. The van der Waals surface area contributed by atoms with Crippen LogP contribution in [0.4, 0.5) is 13.2 Å². The molecular weight excluding hydrogens is 321 g/mol. The second-order valence-corrected chi connectivity index (χ2v) is 11.8. The standard InChI is InChI=1S/C10H12ClF3O3SSi/c1-19(2,3)9-7(11)5-4-6-8(9)17-18(15,16)10(12,13)14/h4-6H,1-3H3. The van der Waals surface area contributed by atoms with E-state index in [4.69, 9.17) is 11.6 Å². The third-order valence-electron chi connectivity index (χ3n) is 2.21. The van der Waals surface area contributed by atoms with E-state index < -0.39 is 23.7 Å². The molecule has 0 atom stereocenters. The minimum absolute atomic E-state index is 0.203. The Kier molecular flexibility index (Phi) is 4.28. The molecule has 0 aliphatic heterocycles. The van der Waals surface area contributed by atoms with Gasteiger partial charge in [0.2, 0.25) is 0 Å². The lowest BCUT2D eigenvalue weighted by molar-refractivity contribution is -0.0499. The number of alkyl halides is 3. The largest absolute Gasteiger partial charge is 0.534 e. The Morgan fingerprint density at radius 1 is 1.21 bits per heavy atom. The molecule has 0 aliphatic carbocycles. The molecule has 0 N–H and O–H groups in total. The predicted octanol–water partition coefficient (Wildman–Crippen LogP) is 3.11. The Hall–Kier alpha value is -0.733. The van der Waals surface area contributed by atoms with Crippen LogP contribution in [0.2, 0.25) is 24.7 Å². The van der Waals surface area contributed by atoms with Crippen molar-refractivity contribution in [2.45, 2.75) is 25.1 Å². The summed E-state index contributed by atoms with van der Waals surface area (Å²) < 4.78 is 63.2. The molecule has 1 aromatic rings. The first-order valence-electron chi connectivity index (χ1n) is 5.16. The molecule has 0 spiro atoms. The highest BCUT2D eigenvalue weighted by atomic mass is 35.5. The lowest BCUT2D eigenvalue weighted by atomic mass is 10.3. The van der Waals surface area contributed by atoms with E-state index in [9.17, 15) is 21.6 Å². The van der Waals surface area contributed by atoms with Gasteiger partial charge in [0.25, 0.3) is 0 Å². The number of halogens is 4. The van der Waals surface area contributed by atoms with Crippen LogP contribution in [0, 0.1) is 0 Å². The summed E-state index contributed by atoms with van der Waals surface area (Å²) in [5.41, 5.74) is -5.47. The summed E-state index contributed by atoms with van der Waals surface area (Å²) in [6, 6.07) is 4.00. The molecule has 1 aromatic carbocycles. The van der Waals surface area contributed by atoms with E-state index in [0.717, 1.165) is 0 Å². The summed E-state index contributed by atoms with van der Waals surface area (Å²) in [6.45, 7) is 5.46. The molecule has 0 aliphatic rings. The van der Waals surface area contributed by atoms with Gasteiger partial charge in [-0.15, -0.1) is 0 Å². The Morgan fingerprint density at radius 2 is 1.74 bits per heavy atom. The van der Waals surface area contributed by atoms with Crippen molar-refractivity contribution in [3.05, 3.63) is 23.2 Å². The third-order valence-corrected chi connectivity index (χ3v) is 5.66. The SMILES string of the molecule is C[Si](C)(C)c1c(Cl)cccc1OS(=O)(=O)C(F)(F)F. The summed E-state index contributed by atoms with van der Waals surface area (Å²) in [4.78, 5) is 0. The second-order valence-electron chi connectivity index (χ2n) is 4.85. The molecule has 0 radical (unpaired) electrons. The number of rotatable bonds is 3. The van der Waals surface area contributed by atoms with E-state index in [1.165, 1.54) is 18.2 Å². The van der Waals surface area contributed by atoms with Crippen LogP contribution in [-0.2, 0) is 10.1 Å². The highest BCUT2D eigenvalue weighted by Crippen LogP contribution is 2.28. The fourth-order valence-corrected chi connectivity index (χ4v) is 4.70. The molecule has 0 saturated carbocycles. The molecule has 3 nitrogen and oxygen atoms in total. The van der Waals surface area contributed by atoms with E-state index in [1.54, 1.807) is 0 Å². The predicted molar refractivity (Wildman–Crippen MR) is 70.0 cm³/mol. The van der Waals surface area contributed by atoms with Crippen LogP contribution in [-0.4, -0.2) is 22.0 Å². The second kappa shape index (κ2) is 4.99. The van der Waals surface area contributed by atoms with E-state index in [0.29, 0.717) is 5.19 Å². The van der Waals surface area contributed by atoms with Gasteiger partial charge in [-0.1, -0.05) is 37.3 Å². The highest BCUT2D eigenvalue weighted by Gasteiger charge is 2.49. The number of hydrogen-bond acceptors (Lipinski definition) is 3. The van der Waals surface area contributed by atoms with Crippen molar-refractivity contribution in [1.82, 2.24) is 0 Å². The van der Waals surface area contributed by atoms with Crippen molar-refractivity contribution in [2.24, 2.45) is 0 Å². The lowest BCUT2D eigenvalue weighted by Crippen LogP contribution is -2.41. The van der Waals surface area contributed by atoms with Gasteiger partial charge < -0.3 is 4.18 Å². The normalized spacial score (nSPS) is 13.4. The highest BCUT2D eigenvalue weighted by molar-refractivity contribution is 7.88. The summed E-state index contributed by atoms with van der Waals surface area (Å²) >= 11 is 5.94. The third kappa shape index (κ3) is 3.64. The fraction of sp³-hybridized carbons (Fsp3) is 0.400. The van der Waals surface area contributed by atoms with E-state index >= 15 is 0 Å². The van der Waals surface area contributed by atoms with Crippen LogP contribution in [0.15, 0.2) is 18.2 Å². The van der Waals surface area contributed by atoms with E-state index in [2.05, 4.69) is 4.18 Å². The monoisotopic (exact) mass is 332 g/mol. The van der Waals surface area contributed by atoms with Gasteiger partial charge in [-0.3, -0.25) is 0 Å². The maximum atomic E-state index is 12.3. The van der Waals surface area contributed by atoms with Crippen LogP contribution in [0.1, 0.15) is 0 Å². The first-order valence-corrected chi connectivity index (χ1v) is 10.4. The molecule has 0 saturated heterocycles.